The maximum absolute atomic E-state index is 12.2. The molecule has 0 heterocycles. The third kappa shape index (κ3) is 4.45. The normalized spacial score (nSPS) is 11.8. The van der Waals surface area contributed by atoms with Gasteiger partial charge in [-0.05, 0) is 37.5 Å². The fourth-order valence-corrected chi connectivity index (χ4v) is 2.99. The number of rotatable bonds is 7. The predicted octanol–water partition coefficient (Wildman–Crippen LogP) is 1.81. The molecule has 0 aliphatic rings. The Morgan fingerprint density at radius 3 is 2.37 bits per heavy atom. The lowest BCUT2D eigenvalue weighted by Crippen LogP contribution is -2.28. The van der Waals surface area contributed by atoms with Gasteiger partial charge < -0.3 is 5.11 Å². The molecule has 0 saturated carbocycles. The van der Waals surface area contributed by atoms with E-state index in [-0.39, 0.29) is 11.5 Å². The molecule has 0 amide bonds. The third-order valence-electron chi connectivity index (χ3n) is 2.75. The smallest absolute Gasteiger partial charge is 0.243 e. The maximum Gasteiger partial charge on any atom is 0.243 e. The van der Waals surface area contributed by atoms with Crippen LogP contribution in [0.15, 0.2) is 41.3 Å². The molecular formula is C14H21NO3S. The summed E-state index contributed by atoms with van der Waals surface area (Å²) in [5.74, 6) is 0. The van der Waals surface area contributed by atoms with Crippen LogP contribution in [0.2, 0.25) is 0 Å². The number of hydrogen-bond acceptors (Lipinski definition) is 3. The molecule has 1 aromatic rings. The molecule has 5 heteroatoms. The van der Waals surface area contributed by atoms with Crippen LogP contribution in [-0.2, 0) is 16.4 Å². The lowest BCUT2D eigenvalue weighted by Gasteiger charge is -2.17. The van der Waals surface area contributed by atoms with E-state index in [2.05, 4.69) is 6.58 Å². The minimum absolute atomic E-state index is 0.140. The molecule has 0 aromatic heterocycles. The van der Waals surface area contributed by atoms with Gasteiger partial charge in [0.15, 0.2) is 0 Å². The Balaban J connectivity index is 2.87. The van der Waals surface area contributed by atoms with E-state index in [1.807, 2.05) is 0 Å². The van der Waals surface area contributed by atoms with Gasteiger partial charge in [0.05, 0.1) is 4.90 Å². The molecule has 0 aliphatic carbocycles. The van der Waals surface area contributed by atoms with Crippen molar-refractivity contribution in [2.45, 2.75) is 24.7 Å². The molecule has 0 radical (unpaired) electrons. The molecule has 0 unspecified atom stereocenters. The second-order valence-corrected chi connectivity index (χ2v) is 6.73. The van der Waals surface area contributed by atoms with Crippen molar-refractivity contribution in [2.75, 3.05) is 20.2 Å². The summed E-state index contributed by atoms with van der Waals surface area (Å²) in [7, 11) is -1.90. The number of aliphatic hydroxyl groups excluding tert-OH is 1. The van der Waals surface area contributed by atoms with E-state index in [0.717, 1.165) is 17.6 Å². The predicted molar refractivity (Wildman–Crippen MR) is 76.5 cm³/mol. The number of likely N-dealkylation sites (N-methyl/N-ethyl adjacent to an activating group) is 1. The molecule has 0 bridgehead atoms. The van der Waals surface area contributed by atoms with Crippen LogP contribution in [0.1, 0.15) is 18.9 Å². The Morgan fingerprint density at radius 1 is 1.32 bits per heavy atom. The van der Waals surface area contributed by atoms with Crippen LogP contribution in [0.25, 0.3) is 0 Å². The number of nitrogens with zero attached hydrogens (tertiary/aromatic N) is 1. The molecule has 0 spiro atoms. The van der Waals surface area contributed by atoms with Gasteiger partial charge in [0, 0.05) is 20.2 Å². The van der Waals surface area contributed by atoms with Gasteiger partial charge in [0.1, 0.15) is 0 Å². The monoisotopic (exact) mass is 283 g/mol. The van der Waals surface area contributed by atoms with E-state index in [9.17, 15) is 8.42 Å². The molecule has 106 valence electrons. The van der Waals surface area contributed by atoms with Gasteiger partial charge >= 0.3 is 0 Å². The SMILES string of the molecule is C=C(C)CN(C)S(=O)(=O)c1ccc(CCCO)cc1. The van der Waals surface area contributed by atoms with Crippen LogP contribution in [0.4, 0.5) is 0 Å². The zero-order valence-electron chi connectivity index (χ0n) is 11.5. The van der Waals surface area contributed by atoms with Gasteiger partial charge in [0.25, 0.3) is 0 Å². The minimum Gasteiger partial charge on any atom is -0.396 e. The summed E-state index contributed by atoms with van der Waals surface area (Å²) in [6.07, 6.45) is 1.43. The van der Waals surface area contributed by atoms with Crippen LogP contribution < -0.4 is 0 Å². The van der Waals surface area contributed by atoms with E-state index < -0.39 is 10.0 Å². The Labute approximate surface area is 115 Å². The molecule has 1 N–H and O–H groups in total. The molecule has 0 saturated heterocycles. The van der Waals surface area contributed by atoms with Crippen molar-refractivity contribution in [2.24, 2.45) is 0 Å². The summed E-state index contributed by atoms with van der Waals surface area (Å²) >= 11 is 0. The molecule has 1 aromatic carbocycles. The van der Waals surface area contributed by atoms with Crippen molar-refractivity contribution in [3.05, 3.63) is 42.0 Å². The van der Waals surface area contributed by atoms with Crippen LogP contribution in [0, 0.1) is 0 Å². The van der Waals surface area contributed by atoms with Crippen molar-refractivity contribution < 1.29 is 13.5 Å². The number of sulfonamides is 1. The lowest BCUT2D eigenvalue weighted by atomic mass is 10.1. The highest BCUT2D eigenvalue weighted by molar-refractivity contribution is 7.89. The summed E-state index contributed by atoms with van der Waals surface area (Å²) in [6.45, 7) is 5.97. The largest absolute Gasteiger partial charge is 0.396 e. The average Bonchev–Trinajstić information content (AvgIpc) is 2.36. The van der Waals surface area contributed by atoms with Crippen molar-refractivity contribution in [1.82, 2.24) is 4.31 Å². The molecule has 0 aliphatic heterocycles. The number of benzene rings is 1. The topological polar surface area (TPSA) is 57.6 Å². The Bertz CT molecular complexity index is 520. The van der Waals surface area contributed by atoms with E-state index in [1.54, 1.807) is 38.2 Å². The average molecular weight is 283 g/mol. The Kier molecular flexibility index (Phi) is 5.72. The molecule has 1 rings (SSSR count). The Morgan fingerprint density at radius 2 is 1.89 bits per heavy atom. The van der Waals surface area contributed by atoms with Gasteiger partial charge in [-0.15, -0.1) is 0 Å². The van der Waals surface area contributed by atoms with E-state index in [1.165, 1.54) is 4.31 Å². The summed E-state index contributed by atoms with van der Waals surface area (Å²) in [5.41, 5.74) is 1.82. The zero-order chi connectivity index (χ0) is 14.5. The minimum atomic E-state index is -3.45. The Hall–Kier alpha value is -1.17. The highest BCUT2D eigenvalue weighted by atomic mass is 32.2. The second-order valence-electron chi connectivity index (χ2n) is 4.69. The van der Waals surface area contributed by atoms with E-state index >= 15 is 0 Å². The molecule has 0 atom stereocenters. The second kappa shape index (κ2) is 6.84. The fraction of sp³-hybridized carbons (Fsp3) is 0.429. The van der Waals surface area contributed by atoms with Crippen molar-refractivity contribution in [1.29, 1.82) is 0 Å². The zero-order valence-corrected chi connectivity index (χ0v) is 12.3. The maximum atomic E-state index is 12.2. The van der Waals surface area contributed by atoms with Crippen LogP contribution >= 0.6 is 0 Å². The molecular weight excluding hydrogens is 262 g/mol. The van der Waals surface area contributed by atoms with Gasteiger partial charge in [-0.2, -0.15) is 4.31 Å². The fourth-order valence-electron chi connectivity index (χ4n) is 1.76. The highest BCUT2D eigenvalue weighted by Crippen LogP contribution is 2.16. The first-order valence-electron chi connectivity index (χ1n) is 6.18. The van der Waals surface area contributed by atoms with E-state index in [0.29, 0.717) is 13.0 Å². The number of aryl methyl sites for hydroxylation is 1. The molecule has 4 nitrogen and oxygen atoms in total. The number of hydrogen-bond donors (Lipinski definition) is 1. The van der Waals surface area contributed by atoms with Crippen molar-refractivity contribution in [3.8, 4) is 0 Å². The van der Waals surface area contributed by atoms with Crippen LogP contribution in [-0.4, -0.2) is 38.0 Å². The van der Waals surface area contributed by atoms with Gasteiger partial charge in [-0.3, -0.25) is 0 Å². The van der Waals surface area contributed by atoms with Gasteiger partial charge in [0.2, 0.25) is 10.0 Å². The van der Waals surface area contributed by atoms with Crippen LogP contribution in [0.3, 0.4) is 0 Å². The van der Waals surface area contributed by atoms with E-state index in [4.69, 9.17) is 5.11 Å². The molecule has 19 heavy (non-hydrogen) atoms. The summed E-state index contributed by atoms with van der Waals surface area (Å²) in [4.78, 5) is 0.281. The number of aliphatic hydroxyl groups is 1. The van der Waals surface area contributed by atoms with Gasteiger partial charge in [-0.1, -0.05) is 24.3 Å². The third-order valence-corrected chi connectivity index (χ3v) is 4.57. The van der Waals surface area contributed by atoms with Crippen molar-refractivity contribution >= 4 is 10.0 Å². The first-order valence-corrected chi connectivity index (χ1v) is 7.62. The quantitative estimate of drug-likeness (QED) is 0.776. The van der Waals surface area contributed by atoms with Crippen molar-refractivity contribution in [3.63, 3.8) is 0 Å². The summed E-state index contributed by atoms with van der Waals surface area (Å²) in [5, 5.41) is 8.76. The first-order chi connectivity index (χ1) is 8.87. The lowest BCUT2D eigenvalue weighted by molar-refractivity contribution is 0.288. The summed E-state index contributed by atoms with van der Waals surface area (Å²) in [6, 6.07) is 6.79. The van der Waals surface area contributed by atoms with Crippen LogP contribution in [0.5, 0.6) is 0 Å². The highest BCUT2D eigenvalue weighted by Gasteiger charge is 2.20. The standard InChI is InChI=1S/C14H21NO3S/c1-12(2)11-15(3)19(17,18)14-8-6-13(7-9-14)5-4-10-16/h6-9,16H,1,4-5,10-11H2,2-3H3. The molecule has 0 fully saturated rings. The van der Waals surface area contributed by atoms with Gasteiger partial charge in [-0.25, -0.2) is 8.42 Å². The summed E-state index contributed by atoms with van der Waals surface area (Å²) < 4.78 is 25.8. The first kappa shape index (κ1) is 15.9.